The molecule has 0 saturated carbocycles. The maximum atomic E-state index is 9.85. The van der Waals surface area contributed by atoms with Crippen molar-refractivity contribution in [3.63, 3.8) is 0 Å². The van der Waals surface area contributed by atoms with Crippen molar-refractivity contribution in [3.05, 3.63) is 58.1 Å². The zero-order valence-corrected chi connectivity index (χ0v) is 13.1. The predicted molar refractivity (Wildman–Crippen MR) is 84.1 cm³/mol. The van der Waals surface area contributed by atoms with Gasteiger partial charge in [0.2, 0.25) is 0 Å². The second-order valence-corrected chi connectivity index (χ2v) is 5.57. The van der Waals surface area contributed by atoms with Gasteiger partial charge in [-0.05, 0) is 42.8 Å². The standard InChI is InChI=1S/C16H18BrNO2/c1-11(12-4-3-5-14(17)8-12)18-10-13-9-15(20-2)6-7-16(13)19/h3-9,11,18-19H,10H2,1-2H3/t11-/m1/s1. The average molecular weight is 336 g/mol. The maximum absolute atomic E-state index is 9.85. The minimum Gasteiger partial charge on any atom is -0.508 e. The summed E-state index contributed by atoms with van der Waals surface area (Å²) in [6.07, 6.45) is 0. The quantitative estimate of drug-likeness (QED) is 0.867. The fourth-order valence-corrected chi connectivity index (χ4v) is 2.40. The molecule has 0 saturated heterocycles. The molecular formula is C16H18BrNO2. The summed E-state index contributed by atoms with van der Waals surface area (Å²) < 4.78 is 6.23. The van der Waals surface area contributed by atoms with Crippen molar-refractivity contribution in [1.29, 1.82) is 0 Å². The summed E-state index contributed by atoms with van der Waals surface area (Å²) >= 11 is 3.47. The van der Waals surface area contributed by atoms with Crippen LogP contribution in [0.15, 0.2) is 46.9 Å². The molecule has 106 valence electrons. The third kappa shape index (κ3) is 3.74. The molecule has 0 aliphatic carbocycles. The van der Waals surface area contributed by atoms with E-state index in [0.29, 0.717) is 6.54 Å². The van der Waals surface area contributed by atoms with E-state index in [1.54, 1.807) is 19.2 Å². The van der Waals surface area contributed by atoms with Gasteiger partial charge in [0.25, 0.3) is 0 Å². The van der Waals surface area contributed by atoms with Crippen LogP contribution in [0.5, 0.6) is 11.5 Å². The van der Waals surface area contributed by atoms with Crippen LogP contribution in [0.1, 0.15) is 24.1 Å². The normalized spacial score (nSPS) is 12.2. The number of hydrogen-bond acceptors (Lipinski definition) is 3. The Hall–Kier alpha value is -1.52. The highest BCUT2D eigenvalue weighted by Crippen LogP contribution is 2.24. The summed E-state index contributed by atoms with van der Waals surface area (Å²) in [4.78, 5) is 0. The van der Waals surface area contributed by atoms with Gasteiger partial charge in [0, 0.05) is 22.6 Å². The van der Waals surface area contributed by atoms with Gasteiger partial charge in [-0.25, -0.2) is 0 Å². The summed E-state index contributed by atoms with van der Waals surface area (Å²) in [7, 11) is 1.62. The van der Waals surface area contributed by atoms with Crippen LogP contribution in [0.4, 0.5) is 0 Å². The number of ether oxygens (including phenoxy) is 1. The molecular weight excluding hydrogens is 318 g/mol. The molecule has 0 aromatic heterocycles. The number of phenols is 1. The molecule has 0 unspecified atom stereocenters. The SMILES string of the molecule is COc1ccc(O)c(CN[C@H](C)c2cccc(Br)c2)c1. The van der Waals surface area contributed by atoms with Crippen molar-refractivity contribution in [1.82, 2.24) is 5.32 Å². The third-order valence-corrected chi connectivity index (χ3v) is 3.73. The Bertz CT molecular complexity index is 586. The minimum absolute atomic E-state index is 0.193. The van der Waals surface area contributed by atoms with Crippen molar-refractivity contribution < 1.29 is 9.84 Å². The van der Waals surface area contributed by atoms with Gasteiger partial charge in [0.15, 0.2) is 0 Å². The molecule has 0 bridgehead atoms. The Morgan fingerprint density at radius 2 is 2.05 bits per heavy atom. The van der Waals surface area contributed by atoms with Crippen LogP contribution in [0.2, 0.25) is 0 Å². The average Bonchev–Trinajstić information content (AvgIpc) is 2.46. The van der Waals surface area contributed by atoms with Crippen LogP contribution in [0.25, 0.3) is 0 Å². The van der Waals surface area contributed by atoms with Gasteiger partial charge in [-0.15, -0.1) is 0 Å². The molecule has 0 aliphatic rings. The molecule has 3 nitrogen and oxygen atoms in total. The first-order valence-corrected chi connectivity index (χ1v) is 7.24. The van der Waals surface area contributed by atoms with Gasteiger partial charge in [0.05, 0.1) is 7.11 Å². The van der Waals surface area contributed by atoms with E-state index in [0.717, 1.165) is 15.8 Å². The van der Waals surface area contributed by atoms with Crippen molar-refractivity contribution >= 4 is 15.9 Å². The Kier molecular flexibility index (Phi) is 5.04. The first-order chi connectivity index (χ1) is 9.60. The van der Waals surface area contributed by atoms with Crippen LogP contribution in [-0.2, 0) is 6.54 Å². The van der Waals surface area contributed by atoms with E-state index in [2.05, 4.69) is 40.3 Å². The molecule has 4 heteroatoms. The third-order valence-electron chi connectivity index (χ3n) is 3.23. The lowest BCUT2D eigenvalue weighted by molar-refractivity contribution is 0.409. The Morgan fingerprint density at radius 3 is 2.75 bits per heavy atom. The van der Waals surface area contributed by atoms with Crippen molar-refractivity contribution in [2.45, 2.75) is 19.5 Å². The molecule has 0 spiro atoms. The van der Waals surface area contributed by atoms with E-state index in [-0.39, 0.29) is 11.8 Å². The van der Waals surface area contributed by atoms with Crippen molar-refractivity contribution in [3.8, 4) is 11.5 Å². The van der Waals surface area contributed by atoms with E-state index in [1.807, 2.05) is 18.2 Å². The summed E-state index contributed by atoms with van der Waals surface area (Å²) in [6.45, 7) is 2.68. The monoisotopic (exact) mass is 335 g/mol. The number of methoxy groups -OCH3 is 1. The molecule has 0 fully saturated rings. The fourth-order valence-electron chi connectivity index (χ4n) is 1.99. The van der Waals surface area contributed by atoms with E-state index < -0.39 is 0 Å². The van der Waals surface area contributed by atoms with Crippen molar-refractivity contribution in [2.24, 2.45) is 0 Å². The lowest BCUT2D eigenvalue weighted by Gasteiger charge is -2.15. The van der Waals surface area contributed by atoms with E-state index in [1.165, 1.54) is 5.56 Å². The van der Waals surface area contributed by atoms with E-state index in [9.17, 15) is 5.11 Å². The van der Waals surface area contributed by atoms with E-state index in [4.69, 9.17) is 4.74 Å². The molecule has 0 radical (unpaired) electrons. The Balaban J connectivity index is 2.05. The summed E-state index contributed by atoms with van der Waals surface area (Å²) in [6, 6.07) is 13.6. The van der Waals surface area contributed by atoms with Crippen LogP contribution < -0.4 is 10.1 Å². The first-order valence-electron chi connectivity index (χ1n) is 6.45. The lowest BCUT2D eigenvalue weighted by atomic mass is 10.1. The number of halogens is 1. The minimum atomic E-state index is 0.193. The summed E-state index contributed by atoms with van der Waals surface area (Å²) in [5.41, 5.74) is 2.02. The van der Waals surface area contributed by atoms with Gasteiger partial charge in [-0.2, -0.15) is 0 Å². The lowest BCUT2D eigenvalue weighted by Crippen LogP contribution is -2.18. The highest BCUT2D eigenvalue weighted by molar-refractivity contribution is 9.10. The van der Waals surface area contributed by atoms with Gasteiger partial charge >= 0.3 is 0 Å². The highest BCUT2D eigenvalue weighted by atomic mass is 79.9. The highest BCUT2D eigenvalue weighted by Gasteiger charge is 2.08. The topological polar surface area (TPSA) is 41.5 Å². The maximum Gasteiger partial charge on any atom is 0.120 e. The molecule has 0 amide bonds. The van der Waals surface area contributed by atoms with Gasteiger partial charge < -0.3 is 15.2 Å². The molecule has 2 aromatic rings. The molecule has 20 heavy (non-hydrogen) atoms. The molecule has 2 N–H and O–H groups in total. The number of benzene rings is 2. The number of hydrogen-bond donors (Lipinski definition) is 2. The van der Waals surface area contributed by atoms with Crippen LogP contribution >= 0.6 is 15.9 Å². The van der Waals surface area contributed by atoms with Gasteiger partial charge in [-0.3, -0.25) is 0 Å². The number of rotatable bonds is 5. The molecule has 0 aliphatic heterocycles. The molecule has 1 atom stereocenters. The molecule has 0 heterocycles. The van der Waals surface area contributed by atoms with Gasteiger partial charge in [-0.1, -0.05) is 28.1 Å². The Labute approximate surface area is 127 Å². The van der Waals surface area contributed by atoms with Gasteiger partial charge in [0.1, 0.15) is 11.5 Å². The second-order valence-electron chi connectivity index (χ2n) is 4.65. The first kappa shape index (κ1) is 14.9. The zero-order valence-electron chi connectivity index (χ0n) is 11.6. The predicted octanol–water partition coefficient (Wildman–Crippen LogP) is 4.01. The zero-order chi connectivity index (χ0) is 14.5. The smallest absolute Gasteiger partial charge is 0.120 e. The van der Waals surface area contributed by atoms with Crippen molar-refractivity contribution in [2.75, 3.05) is 7.11 Å². The largest absolute Gasteiger partial charge is 0.508 e. The molecule has 2 aromatic carbocycles. The number of phenolic OH excluding ortho intramolecular Hbond substituents is 1. The second kappa shape index (κ2) is 6.77. The summed E-state index contributed by atoms with van der Waals surface area (Å²) in [5, 5.41) is 13.3. The summed E-state index contributed by atoms with van der Waals surface area (Å²) in [5.74, 6) is 1.02. The number of aromatic hydroxyl groups is 1. The molecule has 2 rings (SSSR count). The van der Waals surface area contributed by atoms with Crippen LogP contribution in [0, 0.1) is 0 Å². The number of nitrogens with one attached hydrogen (secondary N) is 1. The van der Waals surface area contributed by atoms with E-state index >= 15 is 0 Å². The van der Waals surface area contributed by atoms with Crippen LogP contribution in [0.3, 0.4) is 0 Å². The fraction of sp³-hybridized carbons (Fsp3) is 0.250. The Morgan fingerprint density at radius 1 is 1.25 bits per heavy atom. The van der Waals surface area contributed by atoms with Crippen LogP contribution in [-0.4, -0.2) is 12.2 Å².